The molecule has 1 heterocycles. The molecule has 2 rings (SSSR count). The summed E-state index contributed by atoms with van der Waals surface area (Å²) in [5.41, 5.74) is 2.05. The normalized spacial score (nSPS) is 10.9. The second kappa shape index (κ2) is 3.52. The van der Waals surface area contributed by atoms with Crippen LogP contribution in [0.1, 0.15) is 5.56 Å². The van der Waals surface area contributed by atoms with Crippen molar-refractivity contribution in [1.82, 2.24) is 9.13 Å². The third-order valence-corrected chi connectivity index (χ3v) is 2.66. The van der Waals surface area contributed by atoms with Crippen LogP contribution in [0.4, 0.5) is 0 Å². The molecule has 0 unspecified atom stereocenters. The standard InChI is InChI=1S/C11H12N2O3/c1-7-4-3-5-8-10(7)13(6-9(14)15)11(16)12(8)2/h3-5H,6H2,1-2H3,(H,14,15). The number of aliphatic carboxylic acids is 1. The van der Waals surface area contributed by atoms with Gasteiger partial charge in [0.2, 0.25) is 0 Å². The van der Waals surface area contributed by atoms with Crippen LogP contribution in [0.5, 0.6) is 0 Å². The van der Waals surface area contributed by atoms with Crippen molar-refractivity contribution >= 4 is 17.0 Å². The number of carboxylic acid groups (broad SMARTS) is 1. The Kier molecular flexibility index (Phi) is 2.30. The van der Waals surface area contributed by atoms with Crippen LogP contribution in [0.2, 0.25) is 0 Å². The second-order valence-electron chi connectivity index (χ2n) is 3.76. The fourth-order valence-electron chi connectivity index (χ4n) is 1.93. The minimum Gasteiger partial charge on any atom is -0.480 e. The van der Waals surface area contributed by atoms with Gasteiger partial charge in [-0.3, -0.25) is 13.9 Å². The van der Waals surface area contributed by atoms with Crippen LogP contribution in [0, 0.1) is 6.92 Å². The highest BCUT2D eigenvalue weighted by Crippen LogP contribution is 2.16. The van der Waals surface area contributed by atoms with E-state index in [1.807, 2.05) is 25.1 Å². The molecule has 1 N–H and O–H groups in total. The van der Waals surface area contributed by atoms with Crippen LogP contribution in [-0.2, 0) is 18.4 Å². The highest BCUT2D eigenvalue weighted by Gasteiger charge is 2.13. The summed E-state index contributed by atoms with van der Waals surface area (Å²) in [6.45, 7) is 1.56. The Morgan fingerprint density at radius 2 is 2.12 bits per heavy atom. The smallest absolute Gasteiger partial charge is 0.329 e. The molecule has 0 aliphatic carbocycles. The maximum atomic E-state index is 11.8. The predicted molar refractivity (Wildman–Crippen MR) is 59.6 cm³/mol. The largest absolute Gasteiger partial charge is 0.480 e. The number of hydrogen-bond donors (Lipinski definition) is 1. The number of imidazole rings is 1. The molecule has 1 aromatic heterocycles. The number of aromatic nitrogens is 2. The minimum absolute atomic E-state index is 0.299. The zero-order valence-electron chi connectivity index (χ0n) is 9.10. The van der Waals surface area contributed by atoms with Crippen molar-refractivity contribution in [2.24, 2.45) is 7.05 Å². The minimum atomic E-state index is -1.02. The van der Waals surface area contributed by atoms with Gasteiger partial charge >= 0.3 is 11.7 Å². The molecule has 0 aliphatic heterocycles. The van der Waals surface area contributed by atoms with Gasteiger partial charge in [0.1, 0.15) is 6.54 Å². The van der Waals surface area contributed by atoms with Gasteiger partial charge in [-0.2, -0.15) is 0 Å². The van der Waals surface area contributed by atoms with Crippen LogP contribution in [0.15, 0.2) is 23.0 Å². The first-order chi connectivity index (χ1) is 7.52. The van der Waals surface area contributed by atoms with Crippen molar-refractivity contribution in [2.75, 3.05) is 0 Å². The van der Waals surface area contributed by atoms with Crippen molar-refractivity contribution in [2.45, 2.75) is 13.5 Å². The van der Waals surface area contributed by atoms with Gasteiger partial charge in [0.15, 0.2) is 0 Å². The number of aryl methyl sites for hydroxylation is 2. The maximum Gasteiger partial charge on any atom is 0.329 e. The first-order valence-corrected chi connectivity index (χ1v) is 4.89. The van der Waals surface area contributed by atoms with E-state index in [1.165, 1.54) is 9.13 Å². The summed E-state index contributed by atoms with van der Waals surface area (Å²) in [6, 6.07) is 5.52. The molecule has 16 heavy (non-hydrogen) atoms. The molecule has 5 heteroatoms. The lowest BCUT2D eigenvalue weighted by molar-refractivity contribution is -0.137. The SMILES string of the molecule is Cc1cccc2c1n(CC(=O)O)c(=O)n2C. The number of benzene rings is 1. The van der Waals surface area contributed by atoms with Crippen LogP contribution in [0.25, 0.3) is 11.0 Å². The zero-order chi connectivity index (χ0) is 11.9. The Morgan fingerprint density at radius 1 is 1.44 bits per heavy atom. The van der Waals surface area contributed by atoms with E-state index in [2.05, 4.69) is 0 Å². The Hall–Kier alpha value is -2.04. The Bertz CT molecular complexity index is 622. The molecule has 0 bridgehead atoms. The van der Waals surface area contributed by atoms with Crippen LogP contribution >= 0.6 is 0 Å². The number of carboxylic acids is 1. The highest BCUT2D eigenvalue weighted by molar-refractivity contribution is 5.81. The molecular formula is C11H12N2O3. The average molecular weight is 220 g/mol. The summed E-state index contributed by atoms with van der Waals surface area (Å²) in [5, 5.41) is 8.78. The number of rotatable bonds is 2. The Balaban J connectivity index is 2.86. The first-order valence-electron chi connectivity index (χ1n) is 4.89. The summed E-state index contributed by atoms with van der Waals surface area (Å²) in [6.07, 6.45) is 0. The van der Waals surface area contributed by atoms with E-state index in [0.717, 1.165) is 11.1 Å². The molecule has 0 radical (unpaired) electrons. The summed E-state index contributed by atoms with van der Waals surface area (Å²) in [5.74, 6) is -1.02. The topological polar surface area (TPSA) is 64.2 Å². The lowest BCUT2D eigenvalue weighted by Gasteiger charge is -2.01. The molecule has 1 aromatic carbocycles. The number of carbonyl (C=O) groups is 1. The summed E-state index contributed by atoms with van der Waals surface area (Å²) >= 11 is 0. The van der Waals surface area contributed by atoms with E-state index in [-0.39, 0.29) is 12.2 Å². The van der Waals surface area contributed by atoms with Crippen LogP contribution < -0.4 is 5.69 Å². The van der Waals surface area contributed by atoms with Crippen molar-refractivity contribution in [3.63, 3.8) is 0 Å². The van der Waals surface area contributed by atoms with Gasteiger partial charge in [0.25, 0.3) is 0 Å². The Morgan fingerprint density at radius 3 is 2.75 bits per heavy atom. The van der Waals surface area contributed by atoms with E-state index < -0.39 is 5.97 Å². The van der Waals surface area contributed by atoms with E-state index in [0.29, 0.717) is 5.52 Å². The molecule has 0 saturated heterocycles. The van der Waals surface area contributed by atoms with Gasteiger partial charge in [-0.05, 0) is 18.6 Å². The molecule has 0 aliphatic rings. The van der Waals surface area contributed by atoms with Gasteiger partial charge in [-0.15, -0.1) is 0 Å². The molecule has 2 aromatic rings. The zero-order valence-corrected chi connectivity index (χ0v) is 9.10. The van der Waals surface area contributed by atoms with Crippen LogP contribution in [-0.4, -0.2) is 20.2 Å². The number of nitrogens with zero attached hydrogens (tertiary/aromatic N) is 2. The van der Waals surface area contributed by atoms with E-state index in [9.17, 15) is 9.59 Å². The summed E-state index contributed by atoms with van der Waals surface area (Å²) in [4.78, 5) is 22.6. The van der Waals surface area contributed by atoms with E-state index >= 15 is 0 Å². The lowest BCUT2D eigenvalue weighted by atomic mass is 10.2. The second-order valence-corrected chi connectivity index (χ2v) is 3.76. The number of hydrogen-bond acceptors (Lipinski definition) is 2. The first kappa shape index (κ1) is 10.5. The van der Waals surface area contributed by atoms with E-state index in [1.54, 1.807) is 7.05 Å². The van der Waals surface area contributed by atoms with E-state index in [4.69, 9.17) is 5.11 Å². The van der Waals surface area contributed by atoms with Gasteiger partial charge in [0, 0.05) is 7.05 Å². The van der Waals surface area contributed by atoms with Crippen molar-refractivity contribution < 1.29 is 9.90 Å². The van der Waals surface area contributed by atoms with Crippen molar-refractivity contribution in [1.29, 1.82) is 0 Å². The van der Waals surface area contributed by atoms with Crippen molar-refractivity contribution in [3.05, 3.63) is 34.2 Å². The third-order valence-electron chi connectivity index (χ3n) is 2.66. The van der Waals surface area contributed by atoms with Gasteiger partial charge < -0.3 is 5.11 Å². The molecule has 0 saturated carbocycles. The van der Waals surface area contributed by atoms with Gasteiger partial charge in [-0.1, -0.05) is 12.1 Å². The quantitative estimate of drug-likeness (QED) is 0.811. The third kappa shape index (κ3) is 1.41. The van der Waals surface area contributed by atoms with Gasteiger partial charge in [-0.25, -0.2) is 4.79 Å². The summed E-state index contributed by atoms with van der Waals surface area (Å²) in [7, 11) is 1.64. The lowest BCUT2D eigenvalue weighted by Crippen LogP contribution is -2.25. The average Bonchev–Trinajstić information content (AvgIpc) is 2.45. The molecule has 0 fully saturated rings. The number of para-hydroxylation sites is 1. The predicted octanol–water partition coefficient (Wildman–Crippen LogP) is 0.733. The molecule has 5 nitrogen and oxygen atoms in total. The Labute approximate surface area is 91.5 Å². The molecule has 84 valence electrons. The fourth-order valence-corrected chi connectivity index (χ4v) is 1.93. The molecule has 0 amide bonds. The number of fused-ring (bicyclic) bond motifs is 1. The monoisotopic (exact) mass is 220 g/mol. The molecular weight excluding hydrogens is 208 g/mol. The van der Waals surface area contributed by atoms with Gasteiger partial charge in [0.05, 0.1) is 11.0 Å². The highest BCUT2D eigenvalue weighted by atomic mass is 16.4. The molecule has 0 spiro atoms. The van der Waals surface area contributed by atoms with Crippen molar-refractivity contribution in [3.8, 4) is 0 Å². The summed E-state index contributed by atoms with van der Waals surface area (Å²) < 4.78 is 2.75. The maximum absolute atomic E-state index is 11.8. The van der Waals surface area contributed by atoms with Crippen LogP contribution in [0.3, 0.4) is 0 Å². The molecule has 0 atom stereocenters. The fraction of sp³-hybridized carbons (Fsp3) is 0.273.